The molecule has 3 rings (SSSR count). The molecule has 144 valence electrons. The minimum Gasteiger partial charge on any atom is -0.325 e. The van der Waals surface area contributed by atoms with Crippen molar-refractivity contribution in [2.75, 3.05) is 22.1 Å². The van der Waals surface area contributed by atoms with Crippen molar-refractivity contribution >= 4 is 57.3 Å². The lowest BCUT2D eigenvalue weighted by Crippen LogP contribution is -2.18. The SMILES string of the molecule is Cc1cccc(NC(=O)CSCC(=O)Nc2nc(-c3ccc(Cl)cc3)cs2)c1. The Balaban J connectivity index is 1.43. The predicted molar refractivity (Wildman–Crippen MR) is 118 cm³/mol. The molecule has 0 aliphatic heterocycles. The molecular weight excluding hydrogens is 414 g/mol. The zero-order valence-electron chi connectivity index (χ0n) is 15.1. The first-order valence-corrected chi connectivity index (χ1v) is 10.9. The third kappa shape index (κ3) is 6.09. The maximum absolute atomic E-state index is 12.1. The summed E-state index contributed by atoms with van der Waals surface area (Å²) >= 11 is 8.50. The van der Waals surface area contributed by atoms with Gasteiger partial charge in [-0.1, -0.05) is 35.9 Å². The van der Waals surface area contributed by atoms with Crippen molar-refractivity contribution in [3.63, 3.8) is 0 Å². The molecule has 0 saturated heterocycles. The van der Waals surface area contributed by atoms with Gasteiger partial charge in [-0.2, -0.15) is 0 Å². The number of halogens is 1. The molecule has 0 aliphatic rings. The van der Waals surface area contributed by atoms with Crippen LogP contribution in [0, 0.1) is 6.92 Å². The quantitative estimate of drug-likeness (QED) is 0.547. The number of aryl methyl sites for hydroxylation is 1. The number of hydrogen-bond acceptors (Lipinski definition) is 5. The second kappa shape index (κ2) is 9.73. The summed E-state index contributed by atoms with van der Waals surface area (Å²) in [5.74, 6) is 0.0554. The summed E-state index contributed by atoms with van der Waals surface area (Å²) in [4.78, 5) is 28.4. The number of carbonyl (C=O) groups excluding carboxylic acids is 2. The van der Waals surface area contributed by atoms with Crippen LogP contribution in [0.4, 0.5) is 10.8 Å². The van der Waals surface area contributed by atoms with E-state index in [4.69, 9.17) is 11.6 Å². The van der Waals surface area contributed by atoms with Gasteiger partial charge in [0.1, 0.15) is 0 Å². The van der Waals surface area contributed by atoms with Crippen molar-refractivity contribution in [2.45, 2.75) is 6.92 Å². The van der Waals surface area contributed by atoms with Crippen LogP contribution in [0.2, 0.25) is 5.02 Å². The fourth-order valence-electron chi connectivity index (χ4n) is 2.40. The topological polar surface area (TPSA) is 71.1 Å². The van der Waals surface area contributed by atoms with Crippen LogP contribution >= 0.6 is 34.7 Å². The zero-order valence-corrected chi connectivity index (χ0v) is 17.5. The van der Waals surface area contributed by atoms with Crippen LogP contribution in [0.5, 0.6) is 0 Å². The van der Waals surface area contributed by atoms with Crippen molar-refractivity contribution < 1.29 is 9.59 Å². The summed E-state index contributed by atoms with van der Waals surface area (Å²) in [6.07, 6.45) is 0. The van der Waals surface area contributed by atoms with E-state index in [-0.39, 0.29) is 23.3 Å². The number of rotatable bonds is 7. The van der Waals surface area contributed by atoms with Gasteiger partial charge in [0.25, 0.3) is 0 Å². The lowest BCUT2D eigenvalue weighted by molar-refractivity contribution is -0.114. The Morgan fingerprint density at radius 3 is 2.50 bits per heavy atom. The van der Waals surface area contributed by atoms with Gasteiger partial charge in [0, 0.05) is 21.7 Å². The number of benzene rings is 2. The maximum atomic E-state index is 12.1. The number of nitrogens with zero attached hydrogens (tertiary/aromatic N) is 1. The van der Waals surface area contributed by atoms with Gasteiger partial charge in [-0.25, -0.2) is 4.98 Å². The highest BCUT2D eigenvalue weighted by molar-refractivity contribution is 8.00. The van der Waals surface area contributed by atoms with Gasteiger partial charge >= 0.3 is 0 Å². The number of amides is 2. The molecule has 28 heavy (non-hydrogen) atoms. The Kier molecular flexibility index (Phi) is 7.08. The zero-order chi connectivity index (χ0) is 19.9. The van der Waals surface area contributed by atoms with Crippen molar-refractivity contribution in [2.24, 2.45) is 0 Å². The lowest BCUT2D eigenvalue weighted by Gasteiger charge is -2.06. The smallest absolute Gasteiger partial charge is 0.236 e. The van der Waals surface area contributed by atoms with Crippen LogP contribution in [0.3, 0.4) is 0 Å². The molecule has 2 N–H and O–H groups in total. The minimum absolute atomic E-state index is 0.136. The fourth-order valence-corrected chi connectivity index (χ4v) is 3.88. The Bertz CT molecular complexity index is 974. The Labute approximate surface area is 176 Å². The highest BCUT2D eigenvalue weighted by Gasteiger charge is 2.10. The molecule has 0 unspecified atom stereocenters. The van der Waals surface area contributed by atoms with Gasteiger partial charge in [-0.3, -0.25) is 9.59 Å². The highest BCUT2D eigenvalue weighted by Crippen LogP contribution is 2.26. The first kappa shape index (κ1) is 20.4. The van der Waals surface area contributed by atoms with Crippen LogP contribution in [0.15, 0.2) is 53.9 Å². The second-order valence-electron chi connectivity index (χ2n) is 6.00. The molecule has 5 nitrogen and oxygen atoms in total. The van der Waals surface area contributed by atoms with E-state index in [1.54, 1.807) is 12.1 Å². The summed E-state index contributed by atoms with van der Waals surface area (Å²) in [5, 5.41) is 8.65. The summed E-state index contributed by atoms with van der Waals surface area (Å²) < 4.78 is 0. The third-order valence-electron chi connectivity index (χ3n) is 3.66. The molecule has 0 atom stereocenters. The van der Waals surface area contributed by atoms with E-state index in [1.807, 2.05) is 48.7 Å². The van der Waals surface area contributed by atoms with Gasteiger partial charge < -0.3 is 10.6 Å². The molecule has 0 aliphatic carbocycles. The molecule has 2 amide bonds. The average Bonchev–Trinajstić information content (AvgIpc) is 3.10. The van der Waals surface area contributed by atoms with Crippen LogP contribution in [0.25, 0.3) is 11.3 Å². The van der Waals surface area contributed by atoms with E-state index in [9.17, 15) is 9.59 Å². The van der Waals surface area contributed by atoms with E-state index >= 15 is 0 Å². The number of aromatic nitrogens is 1. The predicted octanol–water partition coefficient (Wildman–Crippen LogP) is 5.08. The summed E-state index contributed by atoms with van der Waals surface area (Å²) in [7, 11) is 0. The molecule has 3 aromatic rings. The Morgan fingerprint density at radius 1 is 1.07 bits per heavy atom. The van der Waals surface area contributed by atoms with Gasteiger partial charge in [0.15, 0.2) is 5.13 Å². The van der Waals surface area contributed by atoms with E-state index in [0.717, 1.165) is 22.5 Å². The largest absolute Gasteiger partial charge is 0.325 e. The minimum atomic E-state index is -0.189. The van der Waals surface area contributed by atoms with E-state index in [2.05, 4.69) is 15.6 Å². The first-order valence-electron chi connectivity index (χ1n) is 8.45. The number of thiazole rings is 1. The number of carbonyl (C=O) groups is 2. The van der Waals surface area contributed by atoms with Gasteiger partial charge in [0.2, 0.25) is 11.8 Å². The molecule has 0 spiro atoms. The van der Waals surface area contributed by atoms with E-state index in [1.165, 1.54) is 23.1 Å². The number of thioether (sulfide) groups is 1. The third-order valence-corrected chi connectivity index (χ3v) is 5.60. The van der Waals surface area contributed by atoms with E-state index in [0.29, 0.717) is 10.2 Å². The molecule has 2 aromatic carbocycles. The van der Waals surface area contributed by atoms with Gasteiger partial charge in [-0.05, 0) is 36.8 Å². The van der Waals surface area contributed by atoms with Gasteiger partial charge in [0.05, 0.1) is 17.2 Å². The summed E-state index contributed by atoms with van der Waals surface area (Å²) in [6.45, 7) is 1.96. The molecule has 0 radical (unpaired) electrons. The normalized spacial score (nSPS) is 10.5. The molecule has 0 fully saturated rings. The van der Waals surface area contributed by atoms with Crippen molar-refractivity contribution in [1.82, 2.24) is 4.98 Å². The van der Waals surface area contributed by atoms with Crippen LogP contribution in [-0.4, -0.2) is 28.3 Å². The number of hydrogen-bond donors (Lipinski definition) is 2. The molecular formula is C20H18ClN3O2S2. The molecule has 1 aromatic heterocycles. The highest BCUT2D eigenvalue weighted by atomic mass is 35.5. The van der Waals surface area contributed by atoms with Crippen molar-refractivity contribution in [3.05, 3.63) is 64.5 Å². The summed E-state index contributed by atoms with van der Waals surface area (Å²) in [6, 6.07) is 14.9. The fraction of sp³-hybridized carbons (Fsp3) is 0.150. The average molecular weight is 432 g/mol. The Morgan fingerprint density at radius 2 is 1.79 bits per heavy atom. The molecule has 0 bridgehead atoms. The second-order valence-corrected chi connectivity index (χ2v) is 8.28. The lowest BCUT2D eigenvalue weighted by atomic mass is 10.2. The van der Waals surface area contributed by atoms with E-state index < -0.39 is 0 Å². The first-order chi connectivity index (χ1) is 13.5. The molecule has 1 heterocycles. The summed E-state index contributed by atoms with van der Waals surface area (Å²) in [5.41, 5.74) is 3.55. The monoisotopic (exact) mass is 431 g/mol. The van der Waals surface area contributed by atoms with Crippen LogP contribution < -0.4 is 10.6 Å². The van der Waals surface area contributed by atoms with Gasteiger partial charge in [-0.15, -0.1) is 23.1 Å². The van der Waals surface area contributed by atoms with Crippen LogP contribution in [-0.2, 0) is 9.59 Å². The number of nitrogens with one attached hydrogen (secondary N) is 2. The number of anilines is 2. The van der Waals surface area contributed by atoms with Crippen LogP contribution in [0.1, 0.15) is 5.56 Å². The van der Waals surface area contributed by atoms with Crippen molar-refractivity contribution in [3.8, 4) is 11.3 Å². The molecule has 0 saturated carbocycles. The van der Waals surface area contributed by atoms with Crippen molar-refractivity contribution in [1.29, 1.82) is 0 Å². The molecule has 8 heteroatoms. The maximum Gasteiger partial charge on any atom is 0.236 e. The standard InChI is InChI=1S/C20H18ClN3O2S2/c1-13-3-2-4-16(9-13)22-18(25)11-27-12-19(26)24-20-23-17(10-28-20)14-5-7-15(21)8-6-14/h2-10H,11-12H2,1H3,(H,22,25)(H,23,24,26). The Hall–Kier alpha value is -2.35.